The number of nitrogens with zero attached hydrogens (tertiary/aromatic N) is 1. The Morgan fingerprint density at radius 3 is 2.28 bits per heavy atom. The number of nitrogens with one attached hydrogen (secondary N) is 1. The Labute approximate surface area is 170 Å². The van der Waals surface area contributed by atoms with Gasteiger partial charge in [0, 0.05) is 30.4 Å². The van der Waals surface area contributed by atoms with Crippen molar-refractivity contribution in [1.82, 2.24) is 4.90 Å². The van der Waals surface area contributed by atoms with Gasteiger partial charge in [-0.3, -0.25) is 14.4 Å². The fraction of sp³-hybridized carbons (Fsp3) is 0.429. The average molecular weight is 404 g/mol. The minimum atomic E-state index is -0.469. The van der Waals surface area contributed by atoms with Crippen LogP contribution in [0.1, 0.15) is 44.0 Å². The van der Waals surface area contributed by atoms with Crippen LogP contribution in [-0.4, -0.2) is 55.5 Å². The minimum absolute atomic E-state index is 0.102. The van der Waals surface area contributed by atoms with Crippen molar-refractivity contribution in [2.75, 3.05) is 32.1 Å². The molecule has 2 amide bonds. The molecule has 158 valence electrons. The molecule has 1 rings (SSSR count). The Morgan fingerprint density at radius 2 is 1.72 bits per heavy atom. The van der Waals surface area contributed by atoms with Crippen LogP contribution in [0.15, 0.2) is 35.9 Å². The Hall–Kier alpha value is -3.16. The van der Waals surface area contributed by atoms with Crippen molar-refractivity contribution in [3.63, 3.8) is 0 Å². The topological polar surface area (TPSA) is 102 Å². The number of hydrogen-bond acceptors (Lipinski definition) is 6. The molecule has 0 aliphatic rings. The number of ether oxygens (including phenoxy) is 2. The molecule has 8 nitrogen and oxygen atoms in total. The maximum Gasteiger partial charge on any atom is 0.337 e. The van der Waals surface area contributed by atoms with Gasteiger partial charge >= 0.3 is 11.9 Å². The van der Waals surface area contributed by atoms with Crippen molar-refractivity contribution in [2.24, 2.45) is 0 Å². The molecule has 0 fully saturated rings. The van der Waals surface area contributed by atoms with Gasteiger partial charge in [0.25, 0.3) is 5.91 Å². The van der Waals surface area contributed by atoms with Crippen molar-refractivity contribution in [2.45, 2.75) is 33.6 Å². The van der Waals surface area contributed by atoms with Crippen LogP contribution in [0.5, 0.6) is 0 Å². The molecule has 0 bridgehead atoms. The molecule has 1 N–H and O–H groups in total. The monoisotopic (exact) mass is 404 g/mol. The Kier molecular flexibility index (Phi) is 10.2. The first kappa shape index (κ1) is 23.9. The molecule has 0 atom stereocenters. The Balaban J connectivity index is 2.73. The maximum absolute atomic E-state index is 12.5. The molecule has 0 aliphatic carbocycles. The summed E-state index contributed by atoms with van der Waals surface area (Å²) in [4.78, 5) is 49.3. The standard InChI is InChI=1S/C21H28N2O6/c1-5-12-23(13-11-19(25)29-6-2)18(24)14-15(3)20(26)22-17-9-7-16(8-10-17)21(27)28-4/h7-10,14H,5-6,11-13H2,1-4H3,(H,22,26)/b15-14+. The molecule has 1 aromatic carbocycles. The van der Waals surface area contributed by atoms with Crippen LogP contribution in [-0.2, 0) is 23.9 Å². The molecule has 0 radical (unpaired) electrons. The second-order valence-corrected chi connectivity index (χ2v) is 6.23. The first-order chi connectivity index (χ1) is 13.8. The summed E-state index contributed by atoms with van der Waals surface area (Å²) in [5.41, 5.74) is 1.07. The summed E-state index contributed by atoms with van der Waals surface area (Å²) in [7, 11) is 1.29. The third-order valence-corrected chi connectivity index (χ3v) is 3.96. The molecule has 29 heavy (non-hydrogen) atoms. The van der Waals surface area contributed by atoms with Crippen LogP contribution in [0, 0.1) is 0 Å². The first-order valence-electron chi connectivity index (χ1n) is 9.44. The van der Waals surface area contributed by atoms with E-state index in [4.69, 9.17) is 4.74 Å². The summed E-state index contributed by atoms with van der Waals surface area (Å²) in [5.74, 6) is -1.62. The molecule has 1 aromatic rings. The van der Waals surface area contributed by atoms with Crippen LogP contribution in [0.25, 0.3) is 0 Å². The zero-order valence-corrected chi connectivity index (χ0v) is 17.3. The summed E-state index contributed by atoms with van der Waals surface area (Å²) < 4.78 is 9.50. The average Bonchev–Trinajstić information content (AvgIpc) is 2.71. The van der Waals surface area contributed by atoms with E-state index in [0.29, 0.717) is 24.4 Å². The van der Waals surface area contributed by atoms with Gasteiger partial charge < -0.3 is 19.7 Å². The summed E-state index contributed by atoms with van der Waals surface area (Å²) in [6, 6.07) is 6.21. The van der Waals surface area contributed by atoms with E-state index in [9.17, 15) is 19.2 Å². The van der Waals surface area contributed by atoms with Crippen molar-refractivity contribution in [3.8, 4) is 0 Å². The number of amides is 2. The summed E-state index contributed by atoms with van der Waals surface area (Å²) >= 11 is 0. The van der Waals surface area contributed by atoms with E-state index < -0.39 is 11.9 Å². The zero-order valence-electron chi connectivity index (χ0n) is 17.3. The fourth-order valence-electron chi connectivity index (χ4n) is 2.44. The zero-order chi connectivity index (χ0) is 21.8. The summed E-state index contributed by atoms with van der Waals surface area (Å²) in [6.07, 6.45) is 2.07. The number of hydrogen-bond donors (Lipinski definition) is 1. The van der Waals surface area contributed by atoms with Crippen LogP contribution >= 0.6 is 0 Å². The number of carbonyl (C=O) groups is 4. The van der Waals surface area contributed by atoms with E-state index in [-0.39, 0.29) is 30.4 Å². The molecule has 8 heteroatoms. The lowest BCUT2D eigenvalue weighted by molar-refractivity contribution is -0.143. The minimum Gasteiger partial charge on any atom is -0.466 e. The Bertz CT molecular complexity index is 755. The van der Waals surface area contributed by atoms with Gasteiger partial charge in [-0.1, -0.05) is 6.92 Å². The summed E-state index contributed by atoms with van der Waals surface area (Å²) in [5, 5.41) is 2.66. The lowest BCUT2D eigenvalue weighted by Gasteiger charge is -2.20. The second-order valence-electron chi connectivity index (χ2n) is 6.23. The van der Waals surface area contributed by atoms with Crippen molar-refractivity contribution in [3.05, 3.63) is 41.5 Å². The smallest absolute Gasteiger partial charge is 0.337 e. The van der Waals surface area contributed by atoms with E-state index >= 15 is 0 Å². The lowest BCUT2D eigenvalue weighted by Crippen LogP contribution is -2.33. The van der Waals surface area contributed by atoms with Crippen molar-refractivity contribution < 1.29 is 28.7 Å². The number of benzene rings is 1. The highest BCUT2D eigenvalue weighted by Gasteiger charge is 2.15. The molecule has 0 spiro atoms. The second kappa shape index (κ2) is 12.3. The molecule has 0 aliphatic heterocycles. The van der Waals surface area contributed by atoms with Crippen LogP contribution in [0.3, 0.4) is 0 Å². The van der Waals surface area contributed by atoms with E-state index in [2.05, 4.69) is 10.1 Å². The molecule has 0 saturated carbocycles. The molecular formula is C21H28N2O6. The third-order valence-electron chi connectivity index (χ3n) is 3.96. The fourth-order valence-corrected chi connectivity index (χ4v) is 2.44. The molecule has 0 heterocycles. The highest BCUT2D eigenvalue weighted by molar-refractivity contribution is 6.07. The predicted octanol–water partition coefficient (Wildman–Crippen LogP) is 2.55. The van der Waals surface area contributed by atoms with Crippen molar-refractivity contribution in [1.29, 1.82) is 0 Å². The van der Waals surface area contributed by atoms with Gasteiger partial charge in [0.1, 0.15) is 0 Å². The third kappa shape index (κ3) is 8.16. The van der Waals surface area contributed by atoms with E-state index in [0.717, 1.165) is 6.42 Å². The number of carbonyl (C=O) groups excluding carboxylic acids is 4. The van der Waals surface area contributed by atoms with E-state index in [1.807, 2.05) is 6.92 Å². The molecule has 0 saturated heterocycles. The normalized spacial score (nSPS) is 10.8. The summed E-state index contributed by atoms with van der Waals surface area (Å²) in [6.45, 7) is 6.17. The number of rotatable bonds is 10. The van der Waals surface area contributed by atoms with E-state index in [1.165, 1.54) is 37.1 Å². The van der Waals surface area contributed by atoms with Crippen LogP contribution < -0.4 is 5.32 Å². The SMILES string of the molecule is CCCN(CCC(=O)OCC)C(=O)/C=C(\C)C(=O)Nc1ccc(C(=O)OC)cc1. The number of anilines is 1. The number of methoxy groups -OCH3 is 1. The molecule has 0 aromatic heterocycles. The first-order valence-corrected chi connectivity index (χ1v) is 9.44. The highest BCUT2D eigenvalue weighted by atomic mass is 16.5. The van der Waals surface area contributed by atoms with E-state index in [1.54, 1.807) is 19.1 Å². The lowest BCUT2D eigenvalue weighted by atomic mass is 10.2. The van der Waals surface area contributed by atoms with Crippen molar-refractivity contribution >= 4 is 29.4 Å². The molecular weight excluding hydrogens is 376 g/mol. The number of esters is 2. The van der Waals surface area contributed by atoms with Gasteiger partial charge in [0.2, 0.25) is 5.91 Å². The van der Waals surface area contributed by atoms with Gasteiger partial charge in [-0.15, -0.1) is 0 Å². The molecule has 0 unspecified atom stereocenters. The highest BCUT2D eigenvalue weighted by Crippen LogP contribution is 2.12. The van der Waals surface area contributed by atoms with Gasteiger partial charge in [-0.2, -0.15) is 0 Å². The quantitative estimate of drug-likeness (QED) is 0.475. The van der Waals surface area contributed by atoms with Gasteiger partial charge in [-0.25, -0.2) is 4.79 Å². The maximum atomic E-state index is 12.5. The van der Waals surface area contributed by atoms with Gasteiger partial charge in [0.05, 0.1) is 25.7 Å². The Morgan fingerprint density at radius 1 is 1.07 bits per heavy atom. The van der Waals surface area contributed by atoms with Crippen LogP contribution in [0.2, 0.25) is 0 Å². The van der Waals surface area contributed by atoms with Crippen LogP contribution in [0.4, 0.5) is 5.69 Å². The van der Waals surface area contributed by atoms with Gasteiger partial charge in [-0.05, 0) is 44.5 Å². The predicted molar refractivity (Wildman–Crippen MR) is 108 cm³/mol. The largest absolute Gasteiger partial charge is 0.466 e. The van der Waals surface area contributed by atoms with Gasteiger partial charge in [0.15, 0.2) is 0 Å².